The van der Waals surface area contributed by atoms with Crippen LogP contribution >= 0.6 is 0 Å². The summed E-state index contributed by atoms with van der Waals surface area (Å²) in [5.74, 6) is 0.184. The Balaban J connectivity index is 0.000000253. The molecule has 6 aromatic rings. The van der Waals surface area contributed by atoms with E-state index in [9.17, 15) is 40.0 Å². The summed E-state index contributed by atoms with van der Waals surface area (Å²) in [5.41, 5.74) is 36.9. The van der Waals surface area contributed by atoms with Gasteiger partial charge in [0.05, 0.1) is 56.2 Å². The zero-order chi connectivity index (χ0) is 85.7. The zero-order valence-electron chi connectivity index (χ0n) is 72.9. The van der Waals surface area contributed by atoms with Crippen molar-refractivity contribution in [1.29, 1.82) is 1.34 Å². The number of likely N-dealkylation sites (N-methyl/N-ethyl adjacent to an activating group) is 2. The van der Waals surface area contributed by atoms with Gasteiger partial charge >= 0.3 is 5.97 Å². The number of amides is 3. The fourth-order valence-electron chi connectivity index (χ4n) is 19.4. The van der Waals surface area contributed by atoms with Gasteiger partial charge in [0.1, 0.15) is 12.1 Å². The average Bonchev–Trinajstić information content (AvgIpc) is 0.856. The summed E-state index contributed by atoms with van der Waals surface area (Å²) >= 11 is 0. The van der Waals surface area contributed by atoms with Crippen molar-refractivity contribution in [2.24, 2.45) is 74.1 Å². The molecule has 117 heavy (non-hydrogen) atoms. The van der Waals surface area contributed by atoms with Crippen LogP contribution < -0.4 is 31.5 Å². The van der Waals surface area contributed by atoms with Gasteiger partial charge in [0.2, 0.25) is 11.8 Å². The fraction of sp³-hybridized carbons (Fsp3) is 0.556. The summed E-state index contributed by atoms with van der Waals surface area (Å²) in [7, 11) is 19.5. The van der Waals surface area contributed by atoms with Gasteiger partial charge < -0.3 is 56.6 Å². The number of hydrogen-bond donors (Lipinski definition) is 7. The molecule has 628 valence electrons. The van der Waals surface area contributed by atoms with E-state index in [4.69, 9.17) is 22.3 Å². The molecule has 4 bridgehead atoms. The van der Waals surface area contributed by atoms with Crippen LogP contribution in [-0.4, -0.2) is 212 Å². The molecule has 2 radical (unpaired) electrons. The first-order valence-electron chi connectivity index (χ1n) is 41.4. The molecule has 8 N–H and O–H groups in total. The van der Waals surface area contributed by atoms with E-state index in [1.54, 1.807) is 36.1 Å². The van der Waals surface area contributed by atoms with E-state index >= 15 is 0 Å². The first-order valence-corrected chi connectivity index (χ1v) is 40.9. The Morgan fingerprint density at radius 1 is 0.598 bits per heavy atom. The Bertz CT molecular complexity index is 4460. The quantitative estimate of drug-likeness (QED) is 0.00993. The second-order valence-electron chi connectivity index (χ2n) is 35.6. The molecule has 27 heteroatoms. The van der Waals surface area contributed by atoms with Crippen LogP contribution in [0.2, 0.25) is 0 Å². The van der Waals surface area contributed by atoms with Crippen molar-refractivity contribution in [3.63, 3.8) is 0 Å². The third-order valence-electron chi connectivity index (χ3n) is 26.1. The summed E-state index contributed by atoms with van der Waals surface area (Å²) < 4.78 is 5.25. The average molecular weight is 1830 g/mol. The summed E-state index contributed by atoms with van der Waals surface area (Å²) in [6.07, 6.45) is 2.80. The Morgan fingerprint density at radius 2 is 1.00 bits per heavy atom. The van der Waals surface area contributed by atoms with Gasteiger partial charge in [0, 0.05) is 144 Å². The molecule has 8 aliphatic rings. The van der Waals surface area contributed by atoms with Gasteiger partial charge in [-0.2, -0.15) is 10.1 Å². The number of fused-ring (bicyclic) bond motifs is 4. The minimum absolute atomic E-state index is 0. The molecular formula is C90H127BN16O9U. The number of carbonyl (C=O) groups excluding carboxylic acids is 3. The number of aliphatic hydroxyl groups is 2. The summed E-state index contributed by atoms with van der Waals surface area (Å²) in [6.45, 7) is 23.3. The number of anilines is 2. The Hall–Kier alpha value is -7.82. The van der Waals surface area contributed by atoms with Gasteiger partial charge in [-0.25, -0.2) is 4.79 Å². The number of nitrogens with one attached hydrogen (secondary N) is 3. The topological polar surface area (TPSA) is 326 Å². The number of rotatable bonds is 29. The van der Waals surface area contributed by atoms with Crippen LogP contribution in [0.3, 0.4) is 0 Å². The maximum Gasteiger partial charge on any atom is 0.335 e. The van der Waals surface area contributed by atoms with Crippen LogP contribution in [0.4, 0.5) is 11.4 Å². The molecule has 6 saturated carbocycles. The Labute approximate surface area is 720 Å². The number of aliphatic hydroxyl groups excluding tert-OH is 2. The van der Waals surface area contributed by atoms with Crippen molar-refractivity contribution in [3.05, 3.63) is 199 Å². The van der Waals surface area contributed by atoms with Gasteiger partial charge in [0.15, 0.2) is 0 Å². The van der Waals surface area contributed by atoms with Gasteiger partial charge in [-0.1, -0.05) is 149 Å². The van der Waals surface area contributed by atoms with Crippen molar-refractivity contribution in [2.45, 2.75) is 182 Å². The number of nitrogens with two attached hydrogens (primary N) is 1. The van der Waals surface area contributed by atoms with Gasteiger partial charge in [-0.15, -0.1) is 0 Å². The third kappa shape index (κ3) is 22.6. The van der Waals surface area contributed by atoms with Crippen LogP contribution in [0, 0.1) is 103 Å². The van der Waals surface area contributed by atoms with Crippen LogP contribution in [0.1, 0.15) is 135 Å². The number of hydroxylamine groups is 4. The molecule has 14 rings (SSSR count). The molecule has 2 heterocycles. The molecular weight excluding hydrogens is 1700 g/mol. The molecule has 0 spiro atoms. The number of aromatic carboxylic acids is 1. The minimum Gasteiger partial charge on any atom is -0.478 e. The summed E-state index contributed by atoms with van der Waals surface area (Å²) in [4.78, 5) is 81.2. The molecule has 2 aliphatic heterocycles. The van der Waals surface area contributed by atoms with Crippen LogP contribution in [0.25, 0.3) is 43.1 Å². The van der Waals surface area contributed by atoms with E-state index in [2.05, 4.69) is 144 Å². The van der Waals surface area contributed by atoms with Crippen molar-refractivity contribution in [3.8, 4) is 22.3 Å². The molecule has 0 unspecified atom stereocenters. The standard InChI is InChI=1S/C45H62N8O4.C34H46N6O5.C11H18N2.BH.U/c1-27-31(25-53-42(41(29(3)54)40(57-53)24-47-50-46)44(56)49-39-23-34-22-38(28(39)2)45(34,4)5)16-13-17-37(27)32-19-33(21-36(20-32)52(8)9)43(55)48-35(26-51(6)7)18-30-14-11-10-12-15-30;1-18-21(9-8-10-26(18)22-11-23(33(43)44)13-25(12-22)39(6)7)17-40-31(30(20(3)41)29(45-40)16-36-38-35)32(42)37-28-15-24-14-27(19(28)2)34(24,4)5;1-13(2)9-11(12)8-10-6-4-3-5-7-10;;/h10-17,19-21,28-29,34-35,38-42,54H,18,22-26H2,1-9H3,(H,48,55)(H,49,56);8-13,19-20,24,27-31,41H,14-17H2,1-7H3,(H,37,42)(H,43,44);3-7,11H,8-9,12H2,1-2H3;1H;/t28-,29-,34+,35-,38-,39-,40-,41+,42-;19-,20-,24+,27-,28-,29-,30+,31-;11-;;/m000../s1/i;;;1T;. The molecule has 6 aliphatic carbocycles. The maximum absolute atomic E-state index is 14.4. The Kier molecular flexibility index (Phi) is 33.0. The van der Waals surface area contributed by atoms with Crippen molar-refractivity contribution in [1.82, 2.24) is 35.9 Å². The van der Waals surface area contributed by atoms with E-state index < -0.39 is 54.3 Å². The first-order chi connectivity index (χ1) is 55.5. The maximum atomic E-state index is 14.4. The molecule has 25 nitrogen and oxygen atoms in total. The SMILES string of the molecule is CN(C)C[C@@H](N)Cc1ccccc1.Cc1c(CN2O[C@@H](CN=[N+]=[N-])[C@@H]([C@H](C)O)[C@H]2C(=O)N[C@H]2C[C@H]3C[C@@H]([C@@H]2C)C3(C)C)cccc1-c1cc(C(=O)N[C@@H](Cc2ccccc2)CN(C)C)cc(N(C)C)c1.Cc1c(CN2O[C@@H](CN=[N+]=[N-])[C@@H]([C@H](C)O)[C@H]2C(=O)N[C@H]2C[C@H]3C[C@@H]([C@@H]2C)C3(C)C)cccc1-c1cc(C(=O)O)cc(N(C)C)c1.[3H][B].[U]. The largest absolute Gasteiger partial charge is 0.478 e. The van der Waals surface area contributed by atoms with E-state index in [0.29, 0.717) is 54.0 Å². The normalized spacial score (nSPS) is 25.5. The first kappa shape index (κ1) is 93.0. The second-order valence-corrected chi connectivity index (χ2v) is 35.6. The Morgan fingerprint density at radius 3 is 1.37 bits per heavy atom. The zero-order valence-corrected chi connectivity index (χ0v) is 76.1. The number of carboxylic acids is 1. The van der Waals surface area contributed by atoms with Crippen molar-refractivity contribution in [2.75, 3.05) is 92.4 Å². The molecule has 0 aromatic heterocycles. The minimum atomic E-state index is -1.00. The number of carbonyl (C=O) groups is 4. The smallest absolute Gasteiger partial charge is 0.335 e. The molecule has 3 amide bonds. The van der Waals surface area contributed by atoms with Crippen molar-refractivity contribution < 1.29 is 75.3 Å². The number of hydrogen-bond acceptors (Lipinski definition) is 17. The van der Waals surface area contributed by atoms with E-state index in [-0.39, 0.29) is 116 Å². The monoisotopic (exact) mass is 1830 g/mol. The molecule has 18 atom stereocenters. The molecule has 2 saturated heterocycles. The molecule has 6 aromatic carbocycles. The fourth-order valence-corrected chi connectivity index (χ4v) is 19.4. The predicted octanol–water partition coefficient (Wildman–Crippen LogP) is 12.5. The van der Waals surface area contributed by atoms with E-state index in [1.165, 1.54) is 18.4 Å². The number of carboxylic acid groups (broad SMARTS) is 1. The van der Waals surface area contributed by atoms with Gasteiger partial charge in [-0.3, -0.25) is 24.1 Å². The van der Waals surface area contributed by atoms with Gasteiger partial charge in [0.25, 0.3) is 5.91 Å². The van der Waals surface area contributed by atoms with Gasteiger partial charge in [-0.05, 0) is 245 Å². The summed E-state index contributed by atoms with van der Waals surface area (Å²) in [5, 5.41) is 52.7. The summed E-state index contributed by atoms with van der Waals surface area (Å²) in [6, 6.07) is 42.3. The van der Waals surface area contributed by atoms with Crippen LogP contribution in [0.5, 0.6) is 0 Å². The second kappa shape index (κ2) is 41.4. The van der Waals surface area contributed by atoms with Crippen LogP contribution in [0.15, 0.2) is 144 Å². The molecule has 8 fully saturated rings. The van der Waals surface area contributed by atoms with E-state index in [1.807, 2.05) is 153 Å². The number of benzene rings is 6. The van der Waals surface area contributed by atoms with Crippen molar-refractivity contribution >= 4 is 43.4 Å². The number of azide groups is 2. The number of nitrogens with zero attached hydrogens (tertiary/aromatic N) is 12. The van der Waals surface area contributed by atoms with E-state index in [0.717, 1.165) is 87.3 Å². The predicted molar refractivity (Wildman–Crippen MR) is 462 cm³/mol. The van der Waals surface area contributed by atoms with Crippen LogP contribution in [-0.2, 0) is 45.2 Å². The third-order valence-corrected chi connectivity index (χ3v) is 26.1.